The monoisotopic (exact) mass is 318 g/mol. The summed E-state index contributed by atoms with van der Waals surface area (Å²) in [6.45, 7) is 1.32. The van der Waals surface area contributed by atoms with Gasteiger partial charge in [0.15, 0.2) is 0 Å². The van der Waals surface area contributed by atoms with Gasteiger partial charge in [0.25, 0.3) is 0 Å². The lowest BCUT2D eigenvalue weighted by Gasteiger charge is -2.21. The molecule has 0 bridgehead atoms. The number of likely N-dealkylation sites (N-methyl/N-ethyl adjacent to an activating group) is 1. The minimum atomic E-state index is -3.67. The molecule has 1 unspecified atom stereocenters. The highest BCUT2D eigenvalue weighted by atomic mass is 32.2. The number of thiophene rings is 1. The Morgan fingerprint density at radius 1 is 1.60 bits per heavy atom. The molecule has 0 aromatic carbocycles. The molecule has 2 heterocycles. The van der Waals surface area contributed by atoms with Gasteiger partial charge in [0.1, 0.15) is 9.77 Å². The predicted octanol–water partition coefficient (Wildman–Crippen LogP) is 0.907. The molecule has 6 nitrogen and oxygen atoms in total. The molecule has 8 heteroatoms. The maximum Gasteiger partial charge on any atom is 0.349 e. The molecule has 0 amide bonds. The third-order valence-corrected chi connectivity index (χ3v) is 6.22. The number of esters is 1. The molecule has 1 aliphatic heterocycles. The molecule has 1 aliphatic rings. The number of rotatable bonds is 5. The van der Waals surface area contributed by atoms with Crippen LogP contribution in [0, 0.1) is 0 Å². The minimum absolute atomic E-state index is 0.0230. The Kier molecular flexibility index (Phi) is 4.79. The third-order valence-electron chi connectivity index (χ3n) is 3.33. The standard InChI is InChI=1S/C12H18N2O4S2/c1-14(8-9-4-3-6-13-9)20(16,17)10-5-7-19-11(10)12(15)18-2/h5,7,9,13H,3-4,6,8H2,1-2H3. The van der Waals surface area contributed by atoms with Gasteiger partial charge < -0.3 is 10.1 Å². The minimum Gasteiger partial charge on any atom is -0.465 e. The van der Waals surface area contributed by atoms with Crippen LogP contribution in [0.2, 0.25) is 0 Å². The molecule has 20 heavy (non-hydrogen) atoms. The number of methoxy groups -OCH3 is 1. The molecule has 0 spiro atoms. The van der Waals surface area contributed by atoms with E-state index in [0.29, 0.717) is 6.54 Å². The van der Waals surface area contributed by atoms with Crippen molar-refractivity contribution in [2.24, 2.45) is 0 Å². The van der Waals surface area contributed by atoms with Crippen LogP contribution in [0.4, 0.5) is 0 Å². The molecule has 1 aromatic rings. The van der Waals surface area contributed by atoms with Gasteiger partial charge in [0, 0.05) is 19.6 Å². The number of carbonyl (C=O) groups excluding carboxylic acids is 1. The van der Waals surface area contributed by atoms with Crippen LogP contribution < -0.4 is 5.32 Å². The summed E-state index contributed by atoms with van der Waals surface area (Å²) in [4.78, 5) is 11.7. The van der Waals surface area contributed by atoms with Crippen LogP contribution in [0.1, 0.15) is 22.5 Å². The summed E-state index contributed by atoms with van der Waals surface area (Å²) >= 11 is 1.07. The average molecular weight is 318 g/mol. The summed E-state index contributed by atoms with van der Waals surface area (Å²) in [5.41, 5.74) is 0. The van der Waals surface area contributed by atoms with E-state index in [0.717, 1.165) is 30.7 Å². The van der Waals surface area contributed by atoms with Gasteiger partial charge in [-0.25, -0.2) is 13.2 Å². The summed E-state index contributed by atoms with van der Waals surface area (Å²) in [6, 6.07) is 1.63. The van der Waals surface area contributed by atoms with Crippen LogP contribution in [-0.4, -0.2) is 52.0 Å². The number of nitrogens with zero attached hydrogens (tertiary/aromatic N) is 1. The van der Waals surface area contributed by atoms with Crippen molar-refractivity contribution in [3.63, 3.8) is 0 Å². The second kappa shape index (κ2) is 6.21. The molecule has 0 radical (unpaired) electrons. The van der Waals surface area contributed by atoms with Crippen LogP contribution >= 0.6 is 11.3 Å². The summed E-state index contributed by atoms with van der Waals surface area (Å²) in [6.07, 6.45) is 2.03. The zero-order valence-corrected chi connectivity index (χ0v) is 13.1. The van der Waals surface area contributed by atoms with Crippen molar-refractivity contribution in [1.29, 1.82) is 0 Å². The zero-order chi connectivity index (χ0) is 14.8. The molecular weight excluding hydrogens is 300 g/mol. The van der Waals surface area contributed by atoms with Crippen molar-refractivity contribution in [3.8, 4) is 0 Å². The molecule has 0 aliphatic carbocycles. The number of sulfonamides is 1. The number of ether oxygens (including phenoxy) is 1. The van der Waals surface area contributed by atoms with Crippen molar-refractivity contribution in [2.45, 2.75) is 23.8 Å². The van der Waals surface area contributed by atoms with E-state index < -0.39 is 16.0 Å². The Hall–Kier alpha value is -0.960. The van der Waals surface area contributed by atoms with E-state index in [2.05, 4.69) is 10.1 Å². The lowest BCUT2D eigenvalue weighted by atomic mass is 10.2. The highest BCUT2D eigenvalue weighted by Gasteiger charge is 2.30. The first-order chi connectivity index (χ1) is 9.46. The lowest BCUT2D eigenvalue weighted by Crippen LogP contribution is -2.38. The second-order valence-corrected chi connectivity index (χ2v) is 7.61. The highest BCUT2D eigenvalue weighted by molar-refractivity contribution is 7.89. The topological polar surface area (TPSA) is 75.7 Å². The first-order valence-corrected chi connectivity index (χ1v) is 8.64. The van der Waals surface area contributed by atoms with Gasteiger partial charge in [-0.05, 0) is 30.8 Å². The Labute approximate surface area is 122 Å². The van der Waals surface area contributed by atoms with Crippen molar-refractivity contribution in [1.82, 2.24) is 9.62 Å². The fraction of sp³-hybridized carbons (Fsp3) is 0.583. The summed E-state index contributed by atoms with van der Waals surface area (Å²) in [5, 5.41) is 4.84. The lowest BCUT2D eigenvalue weighted by molar-refractivity contribution is 0.0602. The van der Waals surface area contributed by atoms with Crippen molar-refractivity contribution >= 4 is 27.3 Å². The van der Waals surface area contributed by atoms with Crippen LogP contribution in [-0.2, 0) is 14.8 Å². The first-order valence-electron chi connectivity index (χ1n) is 6.32. The third kappa shape index (κ3) is 3.03. The zero-order valence-electron chi connectivity index (χ0n) is 11.5. The van der Waals surface area contributed by atoms with Crippen LogP contribution in [0.15, 0.2) is 16.3 Å². The Morgan fingerprint density at radius 2 is 2.35 bits per heavy atom. The molecule has 1 saturated heterocycles. The second-order valence-electron chi connectivity index (χ2n) is 4.68. The van der Waals surface area contributed by atoms with Crippen LogP contribution in [0.3, 0.4) is 0 Å². The van der Waals surface area contributed by atoms with E-state index >= 15 is 0 Å². The van der Waals surface area contributed by atoms with Gasteiger partial charge >= 0.3 is 5.97 Å². The SMILES string of the molecule is COC(=O)c1sccc1S(=O)(=O)N(C)CC1CCCN1. The van der Waals surface area contributed by atoms with Crippen LogP contribution in [0.5, 0.6) is 0 Å². The number of hydrogen-bond donors (Lipinski definition) is 1. The fourth-order valence-electron chi connectivity index (χ4n) is 2.23. The molecule has 2 rings (SSSR count). The summed E-state index contributed by atoms with van der Waals surface area (Å²) in [5.74, 6) is -0.619. The summed E-state index contributed by atoms with van der Waals surface area (Å²) in [7, 11) is -0.890. The maximum atomic E-state index is 12.5. The molecular formula is C12H18N2O4S2. The van der Waals surface area contributed by atoms with Gasteiger partial charge in [0.05, 0.1) is 7.11 Å². The molecule has 112 valence electrons. The van der Waals surface area contributed by atoms with E-state index in [-0.39, 0.29) is 15.8 Å². The van der Waals surface area contributed by atoms with Gasteiger partial charge in [-0.15, -0.1) is 11.3 Å². The quantitative estimate of drug-likeness (QED) is 0.817. The Morgan fingerprint density at radius 3 is 2.95 bits per heavy atom. The number of carbonyl (C=O) groups is 1. The van der Waals surface area contributed by atoms with E-state index in [4.69, 9.17) is 0 Å². The summed E-state index contributed by atoms with van der Waals surface area (Å²) < 4.78 is 31.0. The average Bonchev–Trinajstić information content (AvgIpc) is 3.08. The Bertz CT molecular complexity index is 576. The van der Waals surface area contributed by atoms with Gasteiger partial charge in [-0.3, -0.25) is 0 Å². The van der Waals surface area contributed by atoms with Crippen molar-refractivity contribution in [2.75, 3.05) is 27.2 Å². The predicted molar refractivity (Wildman–Crippen MR) is 76.5 cm³/mol. The molecule has 1 fully saturated rings. The van der Waals surface area contributed by atoms with E-state index in [1.807, 2.05) is 0 Å². The van der Waals surface area contributed by atoms with E-state index in [1.165, 1.54) is 24.5 Å². The van der Waals surface area contributed by atoms with Gasteiger partial charge in [-0.2, -0.15) is 4.31 Å². The smallest absolute Gasteiger partial charge is 0.349 e. The molecule has 1 N–H and O–H groups in total. The highest BCUT2D eigenvalue weighted by Crippen LogP contribution is 2.25. The molecule has 1 atom stereocenters. The molecule has 0 saturated carbocycles. The fourth-order valence-corrected chi connectivity index (χ4v) is 4.75. The van der Waals surface area contributed by atoms with Gasteiger partial charge in [-0.1, -0.05) is 0 Å². The maximum absolute atomic E-state index is 12.5. The van der Waals surface area contributed by atoms with E-state index in [9.17, 15) is 13.2 Å². The van der Waals surface area contributed by atoms with Crippen molar-refractivity contribution < 1.29 is 17.9 Å². The number of nitrogens with one attached hydrogen (secondary N) is 1. The largest absolute Gasteiger partial charge is 0.465 e. The number of hydrogen-bond acceptors (Lipinski definition) is 6. The normalized spacial score (nSPS) is 19.4. The van der Waals surface area contributed by atoms with E-state index in [1.54, 1.807) is 5.38 Å². The van der Waals surface area contributed by atoms with Gasteiger partial charge in [0.2, 0.25) is 10.0 Å². The first kappa shape index (κ1) is 15.4. The Balaban J connectivity index is 2.21. The molecule has 1 aromatic heterocycles. The van der Waals surface area contributed by atoms with Crippen LogP contribution in [0.25, 0.3) is 0 Å². The van der Waals surface area contributed by atoms with Crippen molar-refractivity contribution in [3.05, 3.63) is 16.3 Å².